The fraction of sp³-hybridized carbons (Fsp3) is 0.350. The summed E-state index contributed by atoms with van der Waals surface area (Å²) in [5, 5.41) is 0. The van der Waals surface area contributed by atoms with Crippen molar-refractivity contribution in [2.75, 3.05) is 13.1 Å². The van der Waals surface area contributed by atoms with Gasteiger partial charge in [-0.3, -0.25) is 4.90 Å². The second kappa shape index (κ2) is 6.17. The number of nitrogens with zero attached hydrogens (tertiary/aromatic N) is 3. The Morgan fingerprint density at radius 2 is 1.74 bits per heavy atom. The molecule has 0 unspecified atom stereocenters. The Kier molecular flexibility index (Phi) is 2.84. The van der Waals surface area contributed by atoms with Crippen LogP contribution in [0.1, 0.15) is 35.2 Å². The van der Waals surface area contributed by atoms with Crippen molar-refractivity contribution in [2.24, 2.45) is 0 Å². The van der Waals surface area contributed by atoms with E-state index in [4.69, 9.17) is 10.5 Å². The molecule has 2 heterocycles. The van der Waals surface area contributed by atoms with Crippen LogP contribution in [0.3, 0.4) is 0 Å². The van der Waals surface area contributed by atoms with Crippen LogP contribution in [-0.2, 0) is 13.1 Å². The number of aromatic nitrogens is 2. The Morgan fingerprint density at radius 3 is 2.52 bits per heavy atom. The third-order valence-electron chi connectivity index (χ3n) is 4.29. The zero-order valence-electron chi connectivity index (χ0n) is 17.3. The van der Waals surface area contributed by atoms with Crippen molar-refractivity contribution in [3.05, 3.63) is 65.5 Å². The van der Waals surface area contributed by atoms with Gasteiger partial charge in [0.05, 0.1) is 17.6 Å². The molecular formula is C20H23N3. The molecule has 0 spiro atoms. The fourth-order valence-electron chi connectivity index (χ4n) is 3.00. The zero-order chi connectivity index (χ0) is 19.2. The predicted octanol–water partition coefficient (Wildman–Crippen LogP) is 3.99. The maximum absolute atomic E-state index is 7.97. The number of aryl methyl sites for hydroxylation is 1. The molecule has 1 fully saturated rings. The van der Waals surface area contributed by atoms with Crippen molar-refractivity contribution in [3.8, 4) is 0 Å². The lowest BCUT2D eigenvalue weighted by Gasteiger charge is -2.16. The van der Waals surface area contributed by atoms with Crippen molar-refractivity contribution >= 4 is 11.0 Å². The van der Waals surface area contributed by atoms with Crippen LogP contribution in [0.4, 0.5) is 0 Å². The molecule has 1 aliphatic heterocycles. The molecule has 2 aromatic carbocycles. The van der Waals surface area contributed by atoms with Crippen LogP contribution in [0.15, 0.2) is 48.5 Å². The summed E-state index contributed by atoms with van der Waals surface area (Å²) in [6.07, 6.45) is -3.69. The maximum atomic E-state index is 7.97. The van der Waals surface area contributed by atoms with E-state index in [1.807, 2.05) is 29.2 Å². The molecule has 3 aromatic rings. The van der Waals surface area contributed by atoms with E-state index < -0.39 is 12.7 Å². The van der Waals surface area contributed by atoms with E-state index in [2.05, 4.69) is 35.8 Å². The lowest BCUT2D eigenvalue weighted by atomic mass is 10.1. The van der Waals surface area contributed by atoms with Crippen LogP contribution in [0.2, 0.25) is 0 Å². The van der Waals surface area contributed by atoms with Gasteiger partial charge in [0.1, 0.15) is 5.82 Å². The summed E-state index contributed by atoms with van der Waals surface area (Å²) in [5.41, 5.74) is 4.34. The SMILES string of the molecule is [2H]C1([2H])CN(Cc2nc3ccccc3n2Cc2ccc(C)cc2)CC1([2H])[2H]. The maximum Gasteiger partial charge on any atom is 0.124 e. The van der Waals surface area contributed by atoms with Crippen molar-refractivity contribution in [2.45, 2.75) is 32.8 Å². The average molecular weight is 309 g/mol. The highest BCUT2D eigenvalue weighted by Crippen LogP contribution is 2.21. The van der Waals surface area contributed by atoms with Gasteiger partial charge >= 0.3 is 0 Å². The summed E-state index contributed by atoms with van der Waals surface area (Å²) < 4.78 is 34.0. The second-order valence-electron chi connectivity index (χ2n) is 6.09. The first kappa shape index (κ1) is 10.6. The number of para-hydroxylation sites is 2. The van der Waals surface area contributed by atoms with Crippen LogP contribution in [-0.4, -0.2) is 27.5 Å². The van der Waals surface area contributed by atoms with E-state index >= 15 is 0 Å². The molecule has 0 saturated carbocycles. The highest BCUT2D eigenvalue weighted by molar-refractivity contribution is 5.76. The van der Waals surface area contributed by atoms with E-state index in [-0.39, 0.29) is 13.1 Å². The van der Waals surface area contributed by atoms with Gasteiger partial charge in [0.15, 0.2) is 0 Å². The minimum atomic E-state index is -1.85. The first-order valence-corrected chi connectivity index (χ1v) is 7.97. The number of hydrogen-bond acceptors (Lipinski definition) is 2. The van der Waals surface area contributed by atoms with Crippen LogP contribution in [0, 0.1) is 6.92 Å². The quantitative estimate of drug-likeness (QED) is 0.726. The number of benzene rings is 2. The molecular weight excluding hydrogens is 282 g/mol. The lowest BCUT2D eigenvalue weighted by Crippen LogP contribution is -2.21. The Labute approximate surface area is 143 Å². The van der Waals surface area contributed by atoms with Crippen LogP contribution in [0.5, 0.6) is 0 Å². The summed E-state index contributed by atoms with van der Waals surface area (Å²) in [4.78, 5) is 6.59. The molecule has 0 atom stereocenters. The van der Waals surface area contributed by atoms with Crippen molar-refractivity contribution in [1.29, 1.82) is 0 Å². The smallest absolute Gasteiger partial charge is 0.124 e. The Bertz CT molecular complexity index is 947. The van der Waals surface area contributed by atoms with E-state index in [0.717, 1.165) is 16.9 Å². The molecule has 4 rings (SSSR count). The highest BCUT2D eigenvalue weighted by Gasteiger charge is 2.17. The lowest BCUT2D eigenvalue weighted by molar-refractivity contribution is 0.318. The molecule has 3 heteroatoms. The fourth-order valence-corrected chi connectivity index (χ4v) is 3.00. The van der Waals surface area contributed by atoms with Crippen molar-refractivity contribution in [3.63, 3.8) is 0 Å². The van der Waals surface area contributed by atoms with Gasteiger partial charge < -0.3 is 4.57 Å². The second-order valence-corrected chi connectivity index (χ2v) is 6.09. The number of likely N-dealkylation sites (tertiary alicyclic amines) is 1. The van der Waals surface area contributed by atoms with Gasteiger partial charge in [-0.1, -0.05) is 42.0 Å². The highest BCUT2D eigenvalue weighted by atomic mass is 15.2. The van der Waals surface area contributed by atoms with Gasteiger partial charge in [-0.25, -0.2) is 4.98 Å². The number of hydrogen-bond donors (Lipinski definition) is 0. The molecule has 1 saturated heterocycles. The number of rotatable bonds is 4. The first-order valence-electron chi connectivity index (χ1n) is 9.97. The van der Waals surface area contributed by atoms with E-state index in [9.17, 15) is 0 Å². The molecule has 0 aliphatic carbocycles. The summed E-state index contributed by atoms with van der Waals surface area (Å²) >= 11 is 0. The molecule has 0 radical (unpaired) electrons. The summed E-state index contributed by atoms with van der Waals surface area (Å²) in [5.74, 6) is 0.838. The minimum Gasteiger partial charge on any atom is -0.322 e. The van der Waals surface area contributed by atoms with Crippen molar-refractivity contribution in [1.82, 2.24) is 14.5 Å². The molecule has 0 bridgehead atoms. The Hall–Kier alpha value is -2.13. The normalized spacial score (nSPS) is 22.5. The van der Waals surface area contributed by atoms with E-state index in [0.29, 0.717) is 13.1 Å². The Balaban J connectivity index is 1.67. The average Bonchev–Trinajstić information content (AvgIpc) is 3.03. The Morgan fingerprint density at radius 1 is 1.00 bits per heavy atom. The van der Waals surface area contributed by atoms with Gasteiger partial charge in [-0.2, -0.15) is 0 Å². The van der Waals surface area contributed by atoms with Crippen LogP contribution < -0.4 is 0 Å². The molecule has 0 amide bonds. The predicted molar refractivity (Wildman–Crippen MR) is 94.5 cm³/mol. The van der Waals surface area contributed by atoms with Gasteiger partial charge in [0.25, 0.3) is 0 Å². The molecule has 118 valence electrons. The van der Waals surface area contributed by atoms with Gasteiger partial charge in [-0.05, 0) is 50.5 Å². The van der Waals surface area contributed by atoms with Gasteiger partial charge in [-0.15, -0.1) is 0 Å². The first-order chi connectivity index (χ1) is 12.7. The minimum absolute atomic E-state index is 0.0771. The van der Waals surface area contributed by atoms with Gasteiger partial charge in [0, 0.05) is 12.0 Å². The zero-order valence-corrected chi connectivity index (χ0v) is 13.3. The topological polar surface area (TPSA) is 21.1 Å². The standard InChI is InChI=1S/C20H23N3/c1-16-8-10-17(11-9-16)14-23-19-7-3-2-6-18(19)21-20(23)15-22-12-4-5-13-22/h2-3,6-11H,4-5,12-15H2,1H3/i4D2,5D2. The molecule has 1 aromatic heterocycles. The third kappa shape index (κ3) is 3.02. The third-order valence-corrected chi connectivity index (χ3v) is 4.29. The molecule has 1 aliphatic rings. The number of imidazole rings is 1. The van der Waals surface area contributed by atoms with Gasteiger partial charge in [0.2, 0.25) is 0 Å². The summed E-state index contributed by atoms with van der Waals surface area (Å²) in [7, 11) is 0. The molecule has 23 heavy (non-hydrogen) atoms. The van der Waals surface area contributed by atoms with Crippen LogP contribution >= 0.6 is 0 Å². The molecule has 0 N–H and O–H groups in total. The van der Waals surface area contributed by atoms with Crippen LogP contribution in [0.25, 0.3) is 11.0 Å². The monoisotopic (exact) mass is 309 g/mol. The van der Waals surface area contributed by atoms with Crippen molar-refractivity contribution < 1.29 is 5.48 Å². The van der Waals surface area contributed by atoms with E-state index in [1.54, 1.807) is 0 Å². The largest absolute Gasteiger partial charge is 0.322 e. The summed E-state index contributed by atoms with van der Waals surface area (Å²) in [6.45, 7) is 3.34. The van der Waals surface area contributed by atoms with E-state index in [1.165, 1.54) is 11.1 Å². The number of fused-ring (bicyclic) bond motifs is 1. The summed E-state index contributed by atoms with van der Waals surface area (Å²) in [6, 6.07) is 16.4. The molecule has 3 nitrogen and oxygen atoms in total.